The van der Waals surface area contributed by atoms with Crippen LogP contribution in [0, 0.1) is 0 Å². The second-order valence-electron chi connectivity index (χ2n) is 0.571. The van der Waals surface area contributed by atoms with Gasteiger partial charge in [-0.15, -0.1) is 0 Å². The zero-order valence-corrected chi connectivity index (χ0v) is 8.83. The van der Waals surface area contributed by atoms with Crippen molar-refractivity contribution in [3.05, 3.63) is 0 Å². The van der Waals surface area contributed by atoms with Crippen molar-refractivity contribution in [2.45, 2.75) is 0 Å². The number of hydrogen-bond donors (Lipinski definition) is 2. The molecule has 0 saturated carbocycles. The minimum atomic E-state index is -2.62. The summed E-state index contributed by atoms with van der Waals surface area (Å²) in [4.78, 5) is 35.3. The molecule has 4 N–H and O–H groups in total. The molecule has 6 nitrogen and oxygen atoms in total. The molecule has 0 aromatic carbocycles. The van der Waals surface area contributed by atoms with Gasteiger partial charge >= 0.3 is 23.9 Å². The van der Waals surface area contributed by atoms with E-state index in [0.717, 1.165) is 0 Å². The molecule has 0 bridgehead atoms. The molecule has 0 rings (SSSR count). The maximum absolute atomic E-state index is 8.81. The minimum absolute atomic E-state index is 0. The topological polar surface area (TPSA) is 144 Å². The third-order valence-electron chi connectivity index (χ3n) is 0. The molecule has 0 heterocycles. The van der Waals surface area contributed by atoms with Crippen molar-refractivity contribution in [2.24, 2.45) is 11.0 Å². The average Bonchev–Trinajstić information content (AvgIpc) is 1.25. The van der Waals surface area contributed by atoms with Gasteiger partial charge in [0.1, 0.15) is 0 Å². The van der Waals surface area contributed by atoms with Gasteiger partial charge in [-0.3, -0.25) is 0 Å². The smallest absolute Gasteiger partial charge is 0.830 e. The van der Waals surface area contributed by atoms with E-state index in [1.54, 1.807) is 0 Å². The Bertz CT molecular complexity index is 32.0. The maximum atomic E-state index is 8.81. The second-order valence-corrected chi connectivity index (χ2v) is 1.71. The summed E-state index contributed by atoms with van der Waals surface area (Å²) in [6.45, 7) is 0. The van der Waals surface area contributed by atoms with Crippen molar-refractivity contribution >= 4 is 41.0 Å². The van der Waals surface area contributed by atoms with Gasteiger partial charge in [-0.1, -0.05) is 0 Å². The fourth-order valence-corrected chi connectivity index (χ4v) is 0. The Kier molecular flexibility index (Phi) is 22.6. The van der Waals surface area contributed by atoms with Crippen LogP contribution < -0.4 is 30.6 Å². The summed E-state index contributed by atoms with van der Waals surface area (Å²) in [6, 6.07) is 0. The summed E-state index contributed by atoms with van der Waals surface area (Å²) < 4.78 is 0. The molecule has 0 unspecified atom stereocenters. The van der Waals surface area contributed by atoms with Crippen LogP contribution in [-0.4, -0.2) is 23.9 Å². The van der Waals surface area contributed by atoms with Crippen molar-refractivity contribution in [2.75, 3.05) is 0 Å². The molecule has 0 radical (unpaired) electrons. The molecule has 0 saturated heterocycles. The van der Waals surface area contributed by atoms with E-state index in [-0.39, 0.29) is 23.9 Å². The van der Waals surface area contributed by atoms with Crippen LogP contribution in [0.25, 0.3) is 0 Å². The van der Waals surface area contributed by atoms with E-state index in [0.29, 0.717) is 0 Å². The van der Waals surface area contributed by atoms with Crippen molar-refractivity contribution < 1.29 is 19.6 Å². The SMILES string of the molecule is NP([O-])[O-].NP([O-])[O-].[Sn+4]. The monoisotopic (exact) mass is 278 g/mol. The molecule has 0 aromatic rings. The third kappa shape index (κ3) is 258. The summed E-state index contributed by atoms with van der Waals surface area (Å²) >= 11 is 0. The van der Waals surface area contributed by atoms with E-state index in [2.05, 4.69) is 11.0 Å². The molecule has 52 valence electrons. The van der Waals surface area contributed by atoms with Gasteiger partial charge in [0.25, 0.3) is 0 Å². The first-order valence-electron chi connectivity index (χ1n) is 1.25. The Labute approximate surface area is 71.8 Å². The first-order valence-corrected chi connectivity index (χ1v) is 3.74. The van der Waals surface area contributed by atoms with Crippen molar-refractivity contribution in [1.82, 2.24) is 0 Å². The van der Waals surface area contributed by atoms with Crippen LogP contribution in [0.1, 0.15) is 0 Å². The maximum Gasteiger partial charge on any atom is 4.00 e. The first-order chi connectivity index (χ1) is 3.46. The molecule has 0 aliphatic heterocycles. The van der Waals surface area contributed by atoms with Gasteiger partial charge in [-0.25, -0.2) is 17.1 Å². The van der Waals surface area contributed by atoms with Gasteiger partial charge in [0.15, 0.2) is 0 Å². The van der Waals surface area contributed by atoms with Crippen molar-refractivity contribution in [3.8, 4) is 0 Å². The summed E-state index contributed by atoms with van der Waals surface area (Å²) in [5.74, 6) is 0. The number of rotatable bonds is 0. The van der Waals surface area contributed by atoms with E-state index in [4.69, 9.17) is 19.6 Å². The van der Waals surface area contributed by atoms with Crippen LogP contribution >= 0.6 is 17.1 Å². The Morgan fingerprint density at radius 3 is 0.778 bits per heavy atom. The molecule has 9 heavy (non-hydrogen) atoms. The first kappa shape index (κ1) is 16.8. The molecule has 0 spiro atoms. The molecule has 0 aliphatic rings. The Morgan fingerprint density at radius 1 is 0.778 bits per heavy atom. The fourth-order valence-electron chi connectivity index (χ4n) is 0. The van der Waals surface area contributed by atoms with E-state index < -0.39 is 17.1 Å². The Balaban J connectivity index is -0.0000000720. The summed E-state index contributed by atoms with van der Waals surface area (Å²) in [5, 5.41) is 0. The molecule has 0 atom stereocenters. The predicted octanol–water partition coefficient (Wildman–Crippen LogP) is -4.60. The van der Waals surface area contributed by atoms with Crippen molar-refractivity contribution in [3.63, 3.8) is 0 Å². The quantitative estimate of drug-likeness (QED) is 0.336. The standard InChI is InChI=1S/2H2NO2P.Sn/c2*1-4(2)3;/h2*1H2;/q2*-2;+4. The normalized spacial score (nSPS) is 8.00. The molecule has 0 fully saturated rings. The van der Waals surface area contributed by atoms with Crippen LogP contribution in [0.2, 0.25) is 0 Å². The molecular formula is H4N2O4P2Sn. The van der Waals surface area contributed by atoms with Gasteiger partial charge in [0, 0.05) is 0 Å². The van der Waals surface area contributed by atoms with E-state index in [1.165, 1.54) is 0 Å². The van der Waals surface area contributed by atoms with E-state index >= 15 is 0 Å². The average molecular weight is 277 g/mol. The van der Waals surface area contributed by atoms with Gasteiger partial charge in [-0.05, 0) is 0 Å². The summed E-state index contributed by atoms with van der Waals surface area (Å²) in [7, 11) is -5.24. The van der Waals surface area contributed by atoms with E-state index in [9.17, 15) is 0 Å². The van der Waals surface area contributed by atoms with Crippen LogP contribution in [-0.2, 0) is 0 Å². The predicted molar refractivity (Wildman–Crippen MR) is 28.0 cm³/mol. The Morgan fingerprint density at radius 2 is 0.778 bits per heavy atom. The van der Waals surface area contributed by atoms with E-state index in [1.807, 2.05) is 0 Å². The minimum Gasteiger partial charge on any atom is -0.830 e. The van der Waals surface area contributed by atoms with Crippen LogP contribution in [0.15, 0.2) is 0 Å². The largest absolute Gasteiger partial charge is 4.00 e. The van der Waals surface area contributed by atoms with Crippen LogP contribution in [0.3, 0.4) is 0 Å². The van der Waals surface area contributed by atoms with Crippen LogP contribution in [0.4, 0.5) is 0 Å². The number of hydrogen-bond acceptors (Lipinski definition) is 6. The number of nitrogens with two attached hydrogens (primary N) is 2. The molecule has 0 aromatic heterocycles. The van der Waals surface area contributed by atoms with Crippen molar-refractivity contribution in [1.29, 1.82) is 0 Å². The summed E-state index contributed by atoms with van der Waals surface area (Å²) in [5.41, 5.74) is 8.13. The van der Waals surface area contributed by atoms with Gasteiger partial charge in [-0.2, -0.15) is 0 Å². The van der Waals surface area contributed by atoms with Gasteiger partial charge in [0.2, 0.25) is 0 Å². The van der Waals surface area contributed by atoms with Gasteiger partial charge < -0.3 is 30.6 Å². The third-order valence-corrected chi connectivity index (χ3v) is 0. The summed E-state index contributed by atoms with van der Waals surface area (Å²) in [6.07, 6.45) is 0. The molecule has 0 amide bonds. The molecular weight excluding hydrogens is 273 g/mol. The van der Waals surface area contributed by atoms with Crippen LogP contribution in [0.5, 0.6) is 0 Å². The zero-order valence-electron chi connectivity index (χ0n) is 4.18. The molecule has 0 aliphatic carbocycles. The fraction of sp³-hybridized carbons (Fsp3) is 0. The Hall–Kier alpha value is 1.42. The zero-order chi connectivity index (χ0) is 7.15. The second kappa shape index (κ2) is 12.1. The molecule has 9 heteroatoms. The van der Waals surface area contributed by atoms with Gasteiger partial charge in [0.05, 0.1) is 0 Å².